The van der Waals surface area contributed by atoms with E-state index in [-0.39, 0.29) is 18.9 Å². The van der Waals surface area contributed by atoms with Crippen molar-refractivity contribution in [2.75, 3.05) is 0 Å². The average molecular weight is 148 g/mol. The fourth-order valence-electron chi connectivity index (χ4n) is 0. The van der Waals surface area contributed by atoms with Crippen molar-refractivity contribution in [3.63, 3.8) is 0 Å². The molecule has 54 valence electrons. The molecule has 0 amide bonds. The Morgan fingerprint density at radius 1 is 0.556 bits per heavy atom. The normalized spacial score (nSPS) is 8.00. The van der Waals surface area contributed by atoms with Gasteiger partial charge in [-0.05, 0) is 0 Å². The zero-order chi connectivity index (χ0) is 7.15. The molecule has 0 spiro atoms. The Morgan fingerprint density at radius 2 is 0.556 bits per heavy atom. The monoisotopic (exact) mass is 148 g/mol. The van der Waals surface area contributed by atoms with Crippen molar-refractivity contribution in [3.8, 4) is 0 Å². The van der Waals surface area contributed by atoms with Gasteiger partial charge in [-0.25, -0.2) is 0 Å². The van der Waals surface area contributed by atoms with E-state index in [4.69, 9.17) is 0 Å². The molecule has 0 unspecified atom stereocenters. The Bertz CT molecular complexity index is 26.5. The Hall–Kier alpha value is 0.177. The molecule has 0 fully saturated rings. The van der Waals surface area contributed by atoms with Crippen LogP contribution in [0.15, 0.2) is 0 Å². The third-order valence-electron chi connectivity index (χ3n) is 0. The minimum absolute atomic E-state index is 0. The minimum atomic E-state index is -3.67. The number of hydrogen-bond acceptors (Lipinski definition) is 0. The summed E-state index contributed by atoms with van der Waals surface area (Å²) >= 11 is 0. The first-order chi connectivity index (χ1) is 3.46. The molecule has 0 saturated carbocycles. The van der Waals surface area contributed by atoms with Crippen LogP contribution in [0.3, 0.4) is 0 Å². The van der Waals surface area contributed by atoms with Gasteiger partial charge in [-0.3, -0.25) is 0 Å². The van der Waals surface area contributed by atoms with Gasteiger partial charge in [-0.15, -0.1) is 0 Å². The van der Waals surface area contributed by atoms with E-state index in [2.05, 4.69) is 0 Å². The second-order valence-corrected chi connectivity index (χ2v) is 0.495. The summed E-state index contributed by atoms with van der Waals surface area (Å²) in [6, 6.07) is 0. The summed E-state index contributed by atoms with van der Waals surface area (Å²) in [5.74, 6) is 0. The van der Waals surface area contributed by atoms with Gasteiger partial charge in [0.2, 0.25) is 0 Å². The topological polar surface area (TPSA) is 0 Å². The van der Waals surface area contributed by atoms with Crippen molar-refractivity contribution in [2.45, 2.75) is 13.4 Å². The zero-order valence-electron chi connectivity index (χ0n) is 3.42. The SMILES string of the molecule is FC(F)F.FC(F)F.[LiH]. The molecular weight excluding hydrogens is 145 g/mol. The molecule has 0 aromatic carbocycles. The van der Waals surface area contributed by atoms with Crippen LogP contribution in [0.2, 0.25) is 0 Å². The van der Waals surface area contributed by atoms with E-state index in [1.807, 2.05) is 0 Å². The van der Waals surface area contributed by atoms with E-state index < -0.39 is 13.4 Å². The zero-order valence-corrected chi connectivity index (χ0v) is 3.42. The molecule has 0 aliphatic heterocycles. The van der Waals surface area contributed by atoms with Crippen LogP contribution in [-0.2, 0) is 0 Å². The number of alkyl halides is 6. The van der Waals surface area contributed by atoms with Crippen LogP contribution in [0.4, 0.5) is 26.3 Å². The van der Waals surface area contributed by atoms with Crippen molar-refractivity contribution >= 4 is 18.9 Å². The Morgan fingerprint density at radius 3 is 0.556 bits per heavy atom. The molecule has 0 saturated heterocycles. The van der Waals surface area contributed by atoms with Crippen LogP contribution in [0.5, 0.6) is 0 Å². The van der Waals surface area contributed by atoms with Crippen LogP contribution in [-0.4, -0.2) is 32.2 Å². The van der Waals surface area contributed by atoms with Gasteiger partial charge in [-0.2, -0.15) is 26.3 Å². The summed E-state index contributed by atoms with van der Waals surface area (Å²) in [6.45, 7) is -7.33. The van der Waals surface area contributed by atoms with Crippen LogP contribution < -0.4 is 0 Å². The van der Waals surface area contributed by atoms with Gasteiger partial charge >= 0.3 is 32.2 Å². The van der Waals surface area contributed by atoms with Crippen molar-refractivity contribution < 1.29 is 26.3 Å². The second-order valence-electron chi connectivity index (χ2n) is 0.495. The van der Waals surface area contributed by atoms with Gasteiger partial charge in [-0.1, -0.05) is 0 Å². The van der Waals surface area contributed by atoms with Gasteiger partial charge in [0.15, 0.2) is 0 Å². The predicted molar refractivity (Wildman–Crippen MR) is 21.4 cm³/mol. The van der Waals surface area contributed by atoms with Crippen LogP contribution in [0.1, 0.15) is 0 Å². The van der Waals surface area contributed by atoms with Crippen LogP contribution in [0.25, 0.3) is 0 Å². The first-order valence-corrected chi connectivity index (χ1v) is 1.31. The molecule has 0 nitrogen and oxygen atoms in total. The standard InChI is InChI=1S/2CHF3.Li.H/c2*2-1(3)4;;/h2*1H;;. The van der Waals surface area contributed by atoms with Gasteiger partial charge in [0.05, 0.1) is 0 Å². The van der Waals surface area contributed by atoms with Crippen molar-refractivity contribution in [1.82, 2.24) is 0 Å². The van der Waals surface area contributed by atoms with Crippen molar-refractivity contribution in [2.24, 2.45) is 0 Å². The fraction of sp³-hybridized carbons (Fsp3) is 1.00. The van der Waals surface area contributed by atoms with Crippen LogP contribution >= 0.6 is 0 Å². The molecule has 0 N–H and O–H groups in total. The third kappa shape index (κ3) is 9920. The molecule has 0 heterocycles. The molecule has 0 bridgehead atoms. The van der Waals surface area contributed by atoms with Gasteiger partial charge < -0.3 is 0 Å². The molecule has 0 rings (SSSR count). The molecule has 0 aromatic rings. The number of halogens is 6. The first kappa shape index (κ1) is 16.1. The van der Waals surface area contributed by atoms with E-state index in [9.17, 15) is 26.3 Å². The Labute approximate surface area is 59.4 Å². The Kier molecular flexibility index (Phi) is 19.7. The quantitative estimate of drug-likeness (QED) is 0.362. The van der Waals surface area contributed by atoms with Crippen molar-refractivity contribution in [3.05, 3.63) is 0 Å². The Balaban J connectivity index is -0.0000000720. The van der Waals surface area contributed by atoms with Gasteiger partial charge in [0.1, 0.15) is 0 Å². The number of hydrogen-bond donors (Lipinski definition) is 0. The molecule has 0 aliphatic rings. The number of rotatable bonds is 0. The molecular formula is C2H3F6Li. The fourth-order valence-corrected chi connectivity index (χ4v) is 0. The van der Waals surface area contributed by atoms with Gasteiger partial charge in [0, 0.05) is 0 Å². The van der Waals surface area contributed by atoms with Crippen LogP contribution in [0, 0.1) is 0 Å². The first-order valence-electron chi connectivity index (χ1n) is 1.31. The van der Waals surface area contributed by atoms with E-state index >= 15 is 0 Å². The van der Waals surface area contributed by atoms with E-state index in [1.165, 1.54) is 0 Å². The molecule has 9 heavy (non-hydrogen) atoms. The van der Waals surface area contributed by atoms with E-state index in [0.29, 0.717) is 0 Å². The molecule has 0 aliphatic carbocycles. The van der Waals surface area contributed by atoms with E-state index in [0.717, 1.165) is 0 Å². The summed E-state index contributed by atoms with van der Waals surface area (Å²) in [4.78, 5) is 0. The summed E-state index contributed by atoms with van der Waals surface area (Å²) in [7, 11) is 0. The van der Waals surface area contributed by atoms with Gasteiger partial charge in [0.25, 0.3) is 0 Å². The molecule has 0 aromatic heterocycles. The van der Waals surface area contributed by atoms with Crippen molar-refractivity contribution in [1.29, 1.82) is 0 Å². The molecule has 0 radical (unpaired) electrons. The summed E-state index contributed by atoms with van der Waals surface area (Å²) < 4.78 is 58.0. The summed E-state index contributed by atoms with van der Waals surface area (Å²) in [6.07, 6.45) is 0. The molecule has 0 atom stereocenters. The van der Waals surface area contributed by atoms with E-state index in [1.54, 1.807) is 0 Å². The average Bonchev–Trinajstić information content (AvgIpc) is 1.25. The summed E-state index contributed by atoms with van der Waals surface area (Å²) in [5.41, 5.74) is 0. The summed E-state index contributed by atoms with van der Waals surface area (Å²) in [5, 5.41) is 0. The predicted octanol–water partition coefficient (Wildman–Crippen LogP) is 1.71. The third-order valence-corrected chi connectivity index (χ3v) is 0. The molecule has 7 heteroatoms. The maximum atomic E-state index is 9.67. The second kappa shape index (κ2) is 11.0. The maximum absolute atomic E-state index is 9.67.